The molecule has 0 aliphatic rings. The molecule has 6 heteroatoms. The Balaban J connectivity index is 1.75. The molecule has 0 spiro atoms. The number of hydrogen-bond acceptors (Lipinski definition) is 4. The number of rotatable bonds is 6. The summed E-state index contributed by atoms with van der Waals surface area (Å²) in [6, 6.07) is 9.71. The lowest BCUT2D eigenvalue weighted by molar-refractivity contribution is -0.118. The maximum Gasteiger partial charge on any atom is 0.253 e. The molecule has 1 heterocycles. The van der Waals surface area contributed by atoms with Gasteiger partial charge in [0.05, 0.1) is 12.1 Å². The zero-order valence-corrected chi connectivity index (χ0v) is 15.1. The van der Waals surface area contributed by atoms with Gasteiger partial charge in [-0.25, -0.2) is 4.98 Å². The molecule has 128 valence electrons. The topological polar surface area (TPSA) is 64.0 Å². The maximum atomic E-state index is 11.9. The van der Waals surface area contributed by atoms with Gasteiger partial charge >= 0.3 is 0 Å². The van der Waals surface area contributed by atoms with Crippen LogP contribution in [0.15, 0.2) is 52.5 Å². The van der Waals surface area contributed by atoms with Gasteiger partial charge in [-0.1, -0.05) is 32.9 Å². The van der Waals surface area contributed by atoms with Gasteiger partial charge < -0.3 is 5.32 Å². The van der Waals surface area contributed by atoms with E-state index >= 15 is 0 Å². The Bertz CT molecular complexity index is 733. The lowest BCUT2D eigenvalue weighted by atomic mass is 9.87. The number of carbonyl (C=O) groups is 1. The third kappa shape index (κ3) is 5.53. The van der Waals surface area contributed by atoms with Gasteiger partial charge in [0.25, 0.3) is 5.56 Å². The van der Waals surface area contributed by atoms with Crippen LogP contribution in [0.25, 0.3) is 0 Å². The van der Waals surface area contributed by atoms with Crippen LogP contribution in [0.3, 0.4) is 0 Å². The van der Waals surface area contributed by atoms with Crippen molar-refractivity contribution in [3.8, 4) is 0 Å². The van der Waals surface area contributed by atoms with Crippen molar-refractivity contribution in [3.63, 3.8) is 0 Å². The first-order valence-electron chi connectivity index (χ1n) is 7.87. The Hall–Kier alpha value is -2.08. The molecule has 2 aromatic rings. The van der Waals surface area contributed by atoms with Crippen LogP contribution < -0.4 is 10.9 Å². The highest BCUT2D eigenvalue weighted by Crippen LogP contribution is 2.25. The molecule has 0 unspecified atom stereocenters. The van der Waals surface area contributed by atoms with Crippen molar-refractivity contribution in [2.24, 2.45) is 0 Å². The number of thioether (sulfide) groups is 1. The lowest BCUT2D eigenvalue weighted by Gasteiger charge is -2.19. The lowest BCUT2D eigenvalue weighted by Crippen LogP contribution is -2.31. The second-order valence-corrected chi connectivity index (χ2v) is 7.57. The summed E-state index contributed by atoms with van der Waals surface area (Å²) in [5, 5.41) is 2.82. The molecule has 1 aromatic carbocycles. The van der Waals surface area contributed by atoms with Gasteiger partial charge in [0.2, 0.25) is 5.91 Å². The number of carbonyl (C=O) groups excluding carboxylic acids is 1. The molecule has 0 saturated carbocycles. The van der Waals surface area contributed by atoms with Crippen LogP contribution in [0, 0.1) is 0 Å². The van der Waals surface area contributed by atoms with Crippen LogP contribution in [0.1, 0.15) is 26.3 Å². The number of aromatic nitrogens is 2. The van der Waals surface area contributed by atoms with E-state index in [0.29, 0.717) is 18.8 Å². The Kier molecular flexibility index (Phi) is 6.20. The van der Waals surface area contributed by atoms with E-state index in [2.05, 4.69) is 43.2 Å². The molecule has 1 aromatic heterocycles. The van der Waals surface area contributed by atoms with Gasteiger partial charge in [-0.2, -0.15) is 0 Å². The highest BCUT2D eigenvalue weighted by molar-refractivity contribution is 8.00. The van der Waals surface area contributed by atoms with Crippen molar-refractivity contribution in [2.45, 2.75) is 37.6 Å². The molecule has 24 heavy (non-hydrogen) atoms. The molecule has 2 rings (SSSR count). The van der Waals surface area contributed by atoms with Crippen LogP contribution in [-0.4, -0.2) is 27.8 Å². The zero-order valence-electron chi connectivity index (χ0n) is 14.3. The first kappa shape index (κ1) is 18.3. The summed E-state index contributed by atoms with van der Waals surface area (Å²) in [5.41, 5.74) is 1.29. The van der Waals surface area contributed by atoms with E-state index in [-0.39, 0.29) is 16.9 Å². The highest BCUT2D eigenvalue weighted by atomic mass is 32.2. The average molecular weight is 345 g/mol. The van der Waals surface area contributed by atoms with Crippen LogP contribution >= 0.6 is 11.8 Å². The molecule has 0 fully saturated rings. The van der Waals surface area contributed by atoms with Crippen LogP contribution in [0.2, 0.25) is 0 Å². The highest BCUT2D eigenvalue weighted by Gasteiger charge is 2.13. The molecule has 0 saturated heterocycles. The van der Waals surface area contributed by atoms with Crippen molar-refractivity contribution in [1.29, 1.82) is 0 Å². The molecule has 1 N–H and O–H groups in total. The normalized spacial score (nSPS) is 11.3. The predicted molar refractivity (Wildman–Crippen MR) is 97.4 cm³/mol. The summed E-state index contributed by atoms with van der Waals surface area (Å²) in [6.45, 7) is 7.36. The SMILES string of the molecule is CC(C)(C)c1ccc(SCC(=O)NCCn2cnccc2=O)cc1. The molecule has 0 aliphatic heterocycles. The van der Waals surface area contributed by atoms with E-state index in [9.17, 15) is 9.59 Å². The van der Waals surface area contributed by atoms with E-state index in [1.54, 1.807) is 0 Å². The van der Waals surface area contributed by atoms with Crippen molar-refractivity contribution < 1.29 is 4.79 Å². The number of benzene rings is 1. The van der Waals surface area contributed by atoms with Crippen LogP contribution in [-0.2, 0) is 16.8 Å². The molecule has 5 nitrogen and oxygen atoms in total. The number of nitrogens with one attached hydrogen (secondary N) is 1. The minimum atomic E-state index is -0.118. The molecule has 1 amide bonds. The Morgan fingerprint density at radius 3 is 2.54 bits per heavy atom. The van der Waals surface area contributed by atoms with E-state index in [1.165, 1.54) is 40.5 Å². The van der Waals surface area contributed by atoms with Crippen molar-refractivity contribution >= 4 is 17.7 Å². The van der Waals surface area contributed by atoms with Crippen molar-refractivity contribution in [3.05, 3.63) is 58.8 Å². The molecule has 0 atom stereocenters. The van der Waals surface area contributed by atoms with Crippen LogP contribution in [0.5, 0.6) is 0 Å². The third-order valence-electron chi connectivity index (χ3n) is 3.56. The first-order chi connectivity index (χ1) is 11.4. The van der Waals surface area contributed by atoms with Crippen LogP contribution in [0.4, 0.5) is 0 Å². The summed E-state index contributed by atoms with van der Waals surface area (Å²) in [7, 11) is 0. The number of amides is 1. The molecule has 0 aliphatic carbocycles. The standard InChI is InChI=1S/C18H23N3O2S/c1-18(2,3)14-4-6-15(7-5-14)24-12-16(22)20-10-11-21-13-19-9-8-17(21)23/h4-9,13H,10-12H2,1-3H3,(H,20,22). The predicted octanol–water partition coefficient (Wildman–Crippen LogP) is 2.45. The maximum absolute atomic E-state index is 11.9. The van der Waals surface area contributed by atoms with E-state index in [4.69, 9.17) is 0 Å². The second-order valence-electron chi connectivity index (χ2n) is 6.52. The largest absolute Gasteiger partial charge is 0.354 e. The minimum Gasteiger partial charge on any atom is -0.354 e. The summed E-state index contributed by atoms with van der Waals surface area (Å²) >= 11 is 1.50. The molecule has 0 bridgehead atoms. The molecular weight excluding hydrogens is 322 g/mol. The Labute approximate surface area is 146 Å². The zero-order chi connectivity index (χ0) is 17.6. The fourth-order valence-corrected chi connectivity index (χ4v) is 2.84. The smallest absolute Gasteiger partial charge is 0.253 e. The summed E-state index contributed by atoms with van der Waals surface area (Å²) < 4.78 is 1.47. The van der Waals surface area contributed by atoms with Gasteiger partial charge in [0.15, 0.2) is 0 Å². The number of hydrogen-bond donors (Lipinski definition) is 1. The van der Waals surface area contributed by atoms with Gasteiger partial charge in [-0.15, -0.1) is 11.8 Å². The van der Waals surface area contributed by atoms with Gasteiger partial charge in [-0.3, -0.25) is 14.2 Å². The fourth-order valence-electron chi connectivity index (χ4n) is 2.11. The fraction of sp³-hybridized carbons (Fsp3) is 0.389. The summed E-state index contributed by atoms with van der Waals surface area (Å²) in [5.74, 6) is 0.313. The number of nitrogens with zero attached hydrogens (tertiary/aromatic N) is 2. The average Bonchev–Trinajstić information content (AvgIpc) is 2.54. The molecule has 0 radical (unpaired) electrons. The van der Waals surface area contributed by atoms with E-state index in [1.807, 2.05) is 12.1 Å². The van der Waals surface area contributed by atoms with E-state index < -0.39 is 0 Å². The third-order valence-corrected chi connectivity index (χ3v) is 4.57. The molecular formula is C18H23N3O2S. The minimum absolute atomic E-state index is 0.0446. The first-order valence-corrected chi connectivity index (χ1v) is 8.85. The monoisotopic (exact) mass is 345 g/mol. The summed E-state index contributed by atoms with van der Waals surface area (Å²) in [6.07, 6.45) is 2.93. The second kappa shape index (κ2) is 8.15. The van der Waals surface area contributed by atoms with Gasteiger partial charge in [0, 0.05) is 30.2 Å². The Morgan fingerprint density at radius 1 is 1.21 bits per heavy atom. The summed E-state index contributed by atoms with van der Waals surface area (Å²) in [4.78, 5) is 28.4. The quantitative estimate of drug-likeness (QED) is 0.817. The van der Waals surface area contributed by atoms with Crippen molar-refractivity contribution in [1.82, 2.24) is 14.9 Å². The van der Waals surface area contributed by atoms with Crippen molar-refractivity contribution in [2.75, 3.05) is 12.3 Å². The van der Waals surface area contributed by atoms with Gasteiger partial charge in [-0.05, 0) is 23.1 Å². The Morgan fingerprint density at radius 2 is 1.92 bits per heavy atom. The van der Waals surface area contributed by atoms with E-state index in [0.717, 1.165) is 4.90 Å². The van der Waals surface area contributed by atoms with Gasteiger partial charge in [0.1, 0.15) is 0 Å².